The van der Waals surface area contributed by atoms with Crippen LogP contribution in [0.1, 0.15) is 79.4 Å². The van der Waals surface area contributed by atoms with Crippen LogP contribution < -0.4 is 21.7 Å². The van der Waals surface area contributed by atoms with E-state index in [0.717, 1.165) is 38.6 Å². The summed E-state index contributed by atoms with van der Waals surface area (Å²) < 4.78 is 4.37. The number of fused-ring (bicyclic) bond motifs is 1. The molecule has 2 aliphatic heterocycles. The minimum atomic E-state index is -0.305. The highest BCUT2D eigenvalue weighted by atomic mass is 16.2. The minimum absolute atomic E-state index is 0.0306. The first-order chi connectivity index (χ1) is 21.3. The van der Waals surface area contributed by atoms with Crippen molar-refractivity contribution in [2.45, 2.75) is 70.9 Å². The van der Waals surface area contributed by atoms with Crippen LogP contribution in [-0.4, -0.2) is 60.7 Å². The van der Waals surface area contributed by atoms with Gasteiger partial charge in [-0.05, 0) is 56.7 Å². The minimum Gasteiger partial charge on any atom is -0.343 e. The number of carbonyl (C=O) groups excluding carboxylic acids is 2. The summed E-state index contributed by atoms with van der Waals surface area (Å²) in [6, 6.07) is 6.41. The lowest BCUT2D eigenvalue weighted by Crippen LogP contribution is -2.40. The van der Waals surface area contributed by atoms with Gasteiger partial charge in [0.2, 0.25) is 11.5 Å². The van der Waals surface area contributed by atoms with Gasteiger partial charge in [-0.1, -0.05) is 6.92 Å². The lowest BCUT2D eigenvalue weighted by atomic mass is 10.1. The second-order valence-corrected chi connectivity index (χ2v) is 11.8. The Hall–Kier alpha value is -4.61. The zero-order valence-corrected chi connectivity index (χ0v) is 25.2. The maximum absolute atomic E-state index is 13.7. The van der Waals surface area contributed by atoms with E-state index in [0.29, 0.717) is 72.9 Å². The molecule has 44 heavy (non-hydrogen) atoms. The second kappa shape index (κ2) is 12.2. The molecule has 12 heteroatoms. The van der Waals surface area contributed by atoms with E-state index >= 15 is 0 Å². The Kier molecular flexibility index (Phi) is 8.15. The smallest absolute Gasteiger partial charge is 0.332 e. The zero-order valence-electron chi connectivity index (χ0n) is 25.2. The van der Waals surface area contributed by atoms with Crippen molar-refractivity contribution in [1.82, 2.24) is 23.6 Å². The molecule has 0 bridgehead atoms. The molecule has 0 aromatic carbocycles. The summed E-state index contributed by atoms with van der Waals surface area (Å²) in [5, 5.41) is 0. The fourth-order valence-corrected chi connectivity index (χ4v) is 6.01. The van der Waals surface area contributed by atoms with Crippen molar-refractivity contribution in [3.8, 4) is 0 Å². The average molecular weight is 600 g/mol. The Morgan fingerprint density at radius 3 is 2.55 bits per heavy atom. The number of rotatable bonds is 10. The number of amides is 2. The van der Waals surface area contributed by atoms with Crippen LogP contribution in [0.5, 0.6) is 0 Å². The molecule has 1 saturated carbocycles. The van der Waals surface area contributed by atoms with Crippen LogP contribution in [0.4, 0.5) is 11.6 Å². The van der Waals surface area contributed by atoms with Crippen molar-refractivity contribution in [2.75, 3.05) is 24.5 Å². The Labute approximate surface area is 254 Å². The normalized spacial score (nSPS) is 16.2. The van der Waals surface area contributed by atoms with Crippen molar-refractivity contribution >= 4 is 29.2 Å². The molecule has 0 spiro atoms. The van der Waals surface area contributed by atoms with Crippen LogP contribution in [0, 0.1) is 0 Å². The topological polar surface area (TPSA) is 132 Å². The van der Waals surface area contributed by atoms with Crippen LogP contribution in [0.15, 0.2) is 56.0 Å². The molecule has 0 unspecified atom stereocenters. The predicted molar refractivity (Wildman–Crippen MR) is 166 cm³/mol. The van der Waals surface area contributed by atoms with E-state index < -0.39 is 0 Å². The van der Waals surface area contributed by atoms with Crippen LogP contribution in [0.2, 0.25) is 0 Å². The Balaban J connectivity index is 1.27. The van der Waals surface area contributed by atoms with E-state index in [-0.39, 0.29) is 34.7 Å². The third-order valence-corrected chi connectivity index (χ3v) is 8.55. The number of aliphatic imine (C=N–C) groups is 1. The molecule has 2 amide bonds. The molecule has 3 aromatic heterocycles. The highest BCUT2D eigenvalue weighted by Crippen LogP contribution is 2.34. The molecular weight excluding hydrogens is 562 g/mol. The van der Waals surface area contributed by atoms with Crippen LogP contribution >= 0.6 is 0 Å². The lowest BCUT2D eigenvalue weighted by molar-refractivity contribution is -0.133. The van der Waals surface area contributed by atoms with Gasteiger partial charge in [0.15, 0.2) is 0 Å². The van der Waals surface area contributed by atoms with Crippen LogP contribution in [-0.2, 0) is 24.8 Å². The van der Waals surface area contributed by atoms with E-state index in [4.69, 9.17) is 4.99 Å². The van der Waals surface area contributed by atoms with E-state index in [1.165, 1.54) is 27.5 Å². The quantitative estimate of drug-likeness (QED) is 0.352. The maximum Gasteiger partial charge on any atom is 0.332 e. The van der Waals surface area contributed by atoms with E-state index in [1.807, 2.05) is 17.9 Å². The lowest BCUT2D eigenvalue weighted by Gasteiger charge is -2.28. The van der Waals surface area contributed by atoms with Crippen molar-refractivity contribution < 1.29 is 9.59 Å². The largest absolute Gasteiger partial charge is 0.343 e. The number of hydrogen-bond acceptors (Lipinski definition) is 7. The van der Waals surface area contributed by atoms with Crippen molar-refractivity contribution in [3.63, 3.8) is 0 Å². The Morgan fingerprint density at radius 2 is 1.86 bits per heavy atom. The fraction of sp³-hybridized carbons (Fsp3) is 0.469. The first kappa shape index (κ1) is 29.5. The predicted octanol–water partition coefficient (Wildman–Crippen LogP) is 2.57. The average Bonchev–Trinajstić information content (AvgIpc) is 3.76. The van der Waals surface area contributed by atoms with Crippen molar-refractivity contribution in [1.29, 1.82) is 0 Å². The zero-order chi connectivity index (χ0) is 31.0. The number of piperidine rings is 1. The van der Waals surface area contributed by atoms with Gasteiger partial charge in [0.05, 0.1) is 16.8 Å². The SMILES string of the molecule is CCCn1c2c(c(=O)n(C3CC3)c1=O)CC(c1ccc(N(CCCN3CCCCC3=O)C(=O)c3ccc(=O)n(C)c3)nc1)=N2. The van der Waals surface area contributed by atoms with Gasteiger partial charge >= 0.3 is 5.69 Å². The molecule has 3 aliphatic rings. The maximum atomic E-state index is 13.7. The summed E-state index contributed by atoms with van der Waals surface area (Å²) in [7, 11) is 1.60. The second-order valence-electron chi connectivity index (χ2n) is 11.8. The number of aryl methyl sites for hydroxylation is 1. The first-order valence-corrected chi connectivity index (χ1v) is 15.4. The number of aromatic nitrogens is 4. The van der Waals surface area contributed by atoms with Crippen molar-refractivity contribution in [2.24, 2.45) is 12.0 Å². The number of nitrogens with zero attached hydrogens (tertiary/aromatic N) is 7. The van der Waals surface area contributed by atoms with Crippen molar-refractivity contribution in [3.05, 3.63) is 84.5 Å². The van der Waals surface area contributed by atoms with Gasteiger partial charge in [-0.15, -0.1) is 0 Å². The number of carbonyl (C=O) groups is 2. The molecule has 6 rings (SSSR count). The molecule has 3 aromatic rings. The summed E-state index contributed by atoms with van der Waals surface area (Å²) in [6.45, 7) is 4.06. The third kappa shape index (κ3) is 5.68. The summed E-state index contributed by atoms with van der Waals surface area (Å²) in [4.78, 5) is 77.2. The summed E-state index contributed by atoms with van der Waals surface area (Å²) >= 11 is 0. The van der Waals surface area contributed by atoms with Crippen LogP contribution in [0.3, 0.4) is 0 Å². The highest BCUT2D eigenvalue weighted by Gasteiger charge is 2.33. The number of pyridine rings is 2. The summed E-state index contributed by atoms with van der Waals surface area (Å²) in [5.74, 6) is 0.686. The van der Waals surface area contributed by atoms with Gasteiger partial charge in [-0.3, -0.25) is 33.2 Å². The molecule has 0 N–H and O–H groups in total. The number of hydrogen-bond donors (Lipinski definition) is 0. The van der Waals surface area contributed by atoms with Gasteiger partial charge in [-0.2, -0.15) is 0 Å². The standard InChI is InChI=1S/C32H37N7O5/c1-3-14-38-29-24(31(43)39(32(38)44)23-10-11-23)18-25(34-29)21-8-12-26(33-19-21)37(17-6-16-36-15-5-4-7-28(36)41)30(42)22-9-13-27(40)35(2)20-22/h8-9,12-13,19-20,23H,3-7,10-11,14-18H2,1-2H3. The molecule has 0 radical (unpaired) electrons. The highest BCUT2D eigenvalue weighted by molar-refractivity contribution is 6.07. The Morgan fingerprint density at radius 1 is 1.05 bits per heavy atom. The monoisotopic (exact) mass is 599 g/mol. The first-order valence-electron chi connectivity index (χ1n) is 15.4. The molecular formula is C32H37N7O5. The third-order valence-electron chi connectivity index (χ3n) is 8.55. The molecule has 1 aliphatic carbocycles. The van der Waals surface area contributed by atoms with Gasteiger partial charge in [0.1, 0.15) is 11.6 Å². The van der Waals surface area contributed by atoms with E-state index in [1.54, 1.807) is 28.8 Å². The van der Waals surface area contributed by atoms with Crippen LogP contribution in [0.25, 0.3) is 0 Å². The summed E-state index contributed by atoms with van der Waals surface area (Å²) in [5.41, 5.74) is 1.46. The van der Waals surface area contributed by atoms with Gasteiger partial charge in [0, 0.05) is 76.1 Å². The number of anilines is 1. The molecule has 0 atom stereocenters. The summed E-state index contributed by atoms with van der Waals surface area (Å²) in [6.07, 6.45) is 8.87. The molecule has 1 saturated heterocycles. The van der Waals surface area contributed by atoms with Gasteiger partial charge in [0.25, 0.3) is 11.5 Å². The Bertz CT molecular complexity index is 1810. The molecule has 2 fully saturated rings. The fourth-order valence-electron chi connectivity index (χ4n) is 6.01. The van der Waals surface area contributed by atoms with E-state index in [9.17, 15) is 24.0 Å². The number of likely N-dealkylation sites (tertiary alicyclic amines) is 1. The molecule has 230 valence electrons. The van der Waals surface area contributed by atoms with Gasteiger partial charge < -0.3 is 9.47 Å². The molecule has 5 heterocycles. The van der Waals surface area contributed by atoms with E-state index in [2.05, 4.69) is 4.98 Å². The van der Waals surface area contributed by atoms with Gasteiger partial charge in [-0.25, -0.2) is 14.8 Å². The molecule has 12 nitrogen and oxygen atoms in total.